The molecule has 1 fully saturated rings. The molecule has 1 aromatic heterocycles. The van der Waals surface area contributed by atoms with E-state index in [1.54, 1.807) is 6.20 Å². The Morgan fingerprint density at radius 2 is 2.41 bits per heavy atom. The molecule has 0 radical (unpaired) electrons. The summed E-state index contributed by atoms with van der Waals surface area (Å²) in [6.07, 6.45) is 1.58. The summed E-state index contributed by atoms with van der Waals surface area (Å²) < 4.78 is 0. The molecule has 3 N–H and O–H groups in total. The van der Waals surface area contributed by atoms with Gasteiger partial charge in [0.15, 0.2) is 0 Å². The summed E-state index contributed by atoms with van der Waals surface area (Å²) in [4.78, 5) is 15.7. The van der Waals surface area contributed by atoms with Gasteiger partial charge in [-0.1, -0.05) is 11.6 Å². The van der Waals surface area contributed by atoms with Gasteiger partial charge in [-0.2, -0.15) is 5.10 Å². The molecule has 6 nitrogen and oxygen atoms in total. The van der Waals surface area contributed by atoms with E-state index in [1.807, 2.05) is 0 Å². The lowest BCUT2D eigenvalue weighted by atomic mass is 10.1. The van der Waals surface area contributed by atoms with Crippen molar-refractivity contribution in [1.29, 1.82) is 0 Å². The zero-order valence-electron chi connectivity index (χ0n) is 9.69. The summed E-state index contributed by atoms with van der Waals surface area (Å²) in [6.45, 7) is 3.09. The maximum absolute atomic E-state index is 11.4. The van der Waals surface area contributed by atoms with Crippen LogP contribution in [0.4, 0.5) is 5.69 Å². The molecule has 2 heterocycles. The number of H-pyrrole nitrogens is 1. The molecule has 1 atom stereocenters. The molecular weight excluding hydrogens is 242 g/mol. The molecule has 0 aliphatic carbocycles. The third-order valence-corrected chi connectivity index (χ3v) is 3.41. The van der Waals surface area contributed by atoms with Gasteiger partial charge in [-0.25, -0.2) is 5.10 Å². The molecule has 1 aliphatic rings. The minimum absolute atomic E-state index is 0.162. The first-order valence-electron chi connectivity index (χ1n) is 5.52. The highest BCUT2D eigenvalue weighted by molar-refractivity contribution is 6.33. The smallest absolute Gasteiger partial charge is 0.285 e. The van der Waals surface area contributed by atoms with Crippen molar-refractivity contribution in [2.75, 3.05) is 38.1 Å². The van der Waals surface area contributed by atoms with E-state index in [0.29, 0.717) is 12.2 Å². The molecule has 1 aliphatic heterocycles. The first kappa shape index (κ1) is 12.3. The molecule has 2 rings (SSSR count). The van der Waals surface area contributed by atoms with E-state index >= 15 is 0 Å². The van der Waals surface area contributed by atoms with E-state index in [0.717, 1.165) is 19.6 Å². The maximum Gasteiger partial charge on any atom is 0.285 e. The Hall–Kier alpha value is -1.11. The van der Waals surface area contributed by atoms with E-state index in [1.165, 1.54) is 0 Å². The molecular formula is C10H16ClN5O. The second-order valence-electron chi connectivity index (χ2n) is 4.24. The highest BCUT2D eigenvalue weighted by Gasteiger charge is 2.26. The van der Waals surface area contributed by atoms with Crippen LogP contribution in [0.25, 0.3) is 0 Å². The molecule has 1 aromatic rings. The number of rotatable bonds is 2. The topological polar surface area (TPSA) is 78.2 Å². The van der Waals surface area contributed by atoms with E-state index < -0.39 is 0 Å². The summed E-state index contributed by atoms with van der Waals surface area (Å²) in [5.41, 5.74) is 6.07. The Morgan fingerprint density at radius 3 is 3.12 bits per heavy atom. The Kier molecular flexibility index (Phi) is 3.66. The summed E-state index contributed by atoms with van der Waals surface area (Å²) in [5, 5.41) is 6.29. The van der Waals surface area contributed by atoms with E-state index in [9.17, 15) is 4.79 Å². The van der Waals surface area contributed by atoms with Gasteiger partial charge in [-0.05, 0) is 7.05 Å². The van der Waals surface area contributed by atoms with Crippen LogP contribution in [0.1, 0.15) is 0 Å². The van der Waals surface area contributed by atoms with Gasteiger partial charge in [0.2, 0.25) is 0 Å². The standard InChI is InChI=1S/C10H16ClN5O/c1-15-2-3-16(7(4-12)6-15)8-5-13-14-10(17)9(8)11/h5,7H,2-4,6,12H2,1H3,(H,14,17). The van der Waals surface area contributed by atoms with E-state index in [-0.39, 0.29) is 16.6 Å². The van der Waals surface area contributed by atoms with Gasteiger partial charge in [0.1, 0.15) is 5.02 Å². The quantitative estimate of drug-likeness (QED) is 0.747. The number of aromatic nitrogens is 2. The van der Waals surface area contributed by atoms with Gasteiger partial charge >= 0.3 is 0 Å². The third kappa shape index (κ3) is 2.43. The van der Waals surface area contributed by atoms with Crippen LogP contribution in [-0.4, -0.2) is 54.4 Å². The summed E-state index contributed by atoms with van der Waals surface area (Å²) >= 11 is 6.01. The van der Waals surface area contributed by atoms with Gasteiger partial charge in [0, 0.05) is 26.2 Å². The zero-order valence-corrected chi connectivity index (χ0v) is 10.4. The van der Waals surface area contributed by atoms with E-state index in [2.05, 4.69) is 27.0 Å². The summed E-state index contributed by atoms with van der Waals surface area (Å²) in [5.74, 6) is 0. The normalized spacial score (nSPS) is 21.8. The molecule has 1 unspecified atom stereocenters. The molecule has 1 saturated heterocycles. The number of hydrogen-bond donors (Lipinski definition) is 2. The fraction of sp³-hybridized carbons (Fsp3) is 0.600. The van der Waals surface area contributed by atoms with Crippen molar-refractivity contribution in [3.05, 3.63) is 21.6 Å². The van der Waals surface area contributed by atoms with Crippen LogP contribution < -0.4 is 16.2 Å². The Bertz CT molecular complexity index is 449. The lowest BCUT2D eigenvalue weighted by molar-refractivity contribution is 0.269. The molecule has 7 heteroatoms. The third-order valence-electron chi connectivity index (χ3n) is 3.04. The monoisotopic (exact) mass is 257 g/mol. The van der Waals surface area contributed by atoms with Crippen molar-refractivity contribution < 1.29 is 0 Å². The average molecular weight is 258 g/mol. The SMILES string of the molecule is CN1CCN(c2cn[nH]c(=O)c2Cl)C(CN)C1. The zero-order chi connectivity index (χ0) is 12.4. The highest BCUT2D eigenvalue weighted by atomic mass is 35.5. The fourth-order valence-electron chi connectivity index (χ4n) is 2.10. The maximum atomic E-state index is 11.4. The summed E-state index contributed by atoms with van der Waals surface area (Å²) in [6, 6.07) is 0.162. The predicted octanol–water partition coefficient (Wildman–Crippen LogP) is -0.498. The van der Waals surface area contributed by atoms with Crippen LogP contribution in [0.3, 0.4) is 0 Å². The van der Waals surface area contributed by atoms with Crippen molar-refractivity contribution in [2.45, 2.75) is 6.04 Å². The molecule has 17 heavy (non-hydrogen) atoms. The Morgan fingerprint density at radius 1 is 1.65 bits per heavy atom. The number of piperazine rings is 1. The van der Waals surface area contributed by atoms with Crippen LogP contribution >= 0.6 is 11.6 Å². The first-order chi connectivity index (χ1) is 8.13. The number of nitrogens with one attached hydrogen (secondary N) is 1. The Labute approximate surface area is 104 Å². The molecule has 0 saturated carbocycles. The number of likely N-dealkylation sites (N-methyl/N-ethyl adjacent to an activating group) is 1. The van der Waals surface area contributed by atoms with Crippen LogP contribution in [0.5, 0.6) is 0 Å². The number of nitrogens with zero attached hydrogens (tertiary/aromatic N) is 3. The van der Waals surface area contributed by atoms with Crippen molar-refractivity contribution in [3.8, 4) is 0 Å². The van der Waals surface area contributed by atoms with Crippen LogP contribution in [-0.2, 0) is 0 Å². The number of hydrogen-bond acceptors (Lipinski definition) is 5. The number of nitrogens with two attached hydrogens (primary N) is 1. The molecule has 0 bridgehead atoms. The molecule has 0 spiro atoms. The average Bonchev–Trinajstić information content (AvgIpc) is 2.33. The highest BCUT2D eigenvalue weighted by Crippen LogP contribution is 2.24. The van der Waals surface area contributed by atoms with Gasteiger partial charge in [0.05, 0.1) is 17.9 Å². The number of aromatic amines is 1. The van der Waals surface area contributed by atoms with Gasteiger partial charge in [-0.3, -0.25) is 4.79 Å². The van der Waals surface area contributed by atoms with Crippen LogP contribution in [0.15, 0.2) is 11.0 Å². The number of halogens is 1. The summed E-state index contributed by atoms with van der Waals surface area (Å²) in [7, 11) is 2.05. The predicted molar refractivity (Wildman–Crippen MR) is 67.6 cm³/mol. The van der Waals surface area contributed by atoms with E-state index in [4.69, 9.17) is 17.3 Å². The van der Waals surface area contributed by atoms with Gasteiger partial charge in [-0.15, -0.1) is 0 Å². The fourth-order valence-corrected chi connectivity index (χ4v) is 2.30. The minimum Gasteiger partial charge on any atom is -0.362 e. The van der Waals surface area contributed by atoms with Crippen molar-refractivity contribution >= 4 is 17.3 Å². The van der Waals surface area contributed by atoms with Crippen molar-refractivity contribution in [1.82, 2.24) is 15.1 Å². The minimum atomic E-state index is -0.362. The number of anilines is 1. The molecule has 0 aromatic carbocycles. The lowest BCUT2D eigenvalue weighted by Gasteiger charge is -2.40. The van der Waals surface area contributed by atoms with Crippen LogP contribution in [0, 0.1) is 0 Å². The van der Waals surface area contributed by atoms with Crippen LogP contribution in [0.2, 0.25) is 5.02 Å². The second-order valence-corrected chi connectivity index (χ2v) is 4.62. The Balaban J connectivity index is 2.32. The second kappa shape index (κ2) is 5.03. The largest absolute Gasteiger partial charge is 0.362 e. The lowest BCUT2D eigenvalue weighted by Crippen LogP contribution is -2.55. The van der Waals surface area contributed by atoms with Crippen molar-refractivity contribution in [2.24, 2.45) is 5.73 Å². The van der Waals surface area contributed by atoms with Crippen molar-refractivity contribution in [3.63, 3.8) is 0 Å². The molecule has 0 amide bonds. The first-order valence-corrected chi connectivity index (χ1v) is 5.89. The van der Waals surface area contributed by atoms with Gasteiger partial charge in [0.25, 0.3) is 5.56 Å². The molecule has 94 valence electrons. The van der Waals surface area contributed by atoms with Gasteiger partial charge < -0.3 is 15.5 Å².